The van der Waals surface area contributed by atoms with Gasteiger partial charge in [-0.2, -0.15) is 0 Å². The first-order valence-corrected chi connectivity index (χ1v) is 7.75. The maximum absolute atomic E-state index is 9.82. The van der Waals surface area contributed by atoms with Crippen molar-refractivity contribution < 1.29 is 35.0 Å². The van der Waals surface area contributed by atoms with Crippen LogP contribution in [-0.2, 0) is 9.47 Å². The summed E-state index contributed by atoms with van der Waals surface area (Å²) in [5.41, 5.74) is 2.01. The van der Waals surface area contributed by atoms with Gasteiger partial charge >= 0.3 is 0 Å². The van der Waals surface area contributed by atoms with Crippen molar-refractivity contribution in [3.05, 3.63) is 23.3 Å². The third kappa shape index (κ3) is 6.31. The van der Waals surface area contributed by atoms with Gasteiger partial charge in [0, 0.05) is 0 Å². The number of aliphatic hydroxyl groups is 5. The number of aliphatic hydroxyl groups excluding tert-OH is 5. The Kier molecular flexibility index (Phi) is 8.93. The number of rotatable bonds is 8. The van der Waals surface area contributed by atoms with Crippen LogP contribution in [0.15, 0.2) is 23.3 Å². The zero-order valence-corrected chi connectivity index (χ0v) is 13.6. The maximum atomic E-state index is 9.82. The number of hydrogen-bond acceptors (Lipinski definition) is 7. The molecule has 1 fully saturated rings. The van der Waals surface area contributed by atoms with Crippen LogP contribution >= 0.6 is 0 Å². The minimum absolute atomic E-state index is 0.0585. The number of allylic oxidation sites excluding steroid dienone is 2. The summed E-state index contributed by atoms with van der Waals surface area (Å²) in [6.07, 6.45) is -0.821. The molecule has 0 spiro atoms. The molecule has 1 heterocycles. The van der Waals surface area contributed by atoms with E-state index in [1.54, 1.807) is 0 Å². The molecule has 0 aliphatic carbocycles. The summed E-state index contributed by atoms with van der Waals surface area (Å²) in [5.74, 6) is 0. The molecule has 7 nitrogen and oxygen atoms in total. The molecule has 134 valence electrons. The predicted molar refractivity (Wildman–Crippen MR) is 83.6 cm³/mol. The summed E-state index contributed by atoms with van der Waals surface area (Å²) >= 11 is 0. The first kappa shape index (κ1) is 20.2. The zero-order chi connectivity index (χ0) is 17.4. The van der Waals surface area contributed by atoms with Crippen molar-refractivity contribution in [2.45, 2.75) is 57.4 Å². The Morgan fingerprint density at radius 2 is 1.70 bits per heavy atom. The van der Waals surface area contributed by atoms with Crippen molar-refractivity contribution >= 4 is 0 Å². The molecule has 5 atom stereocenters. The standard InChI is InChI=1S/C16H28O7/c1-10(4-3-5-11(2)8-17)6-7-22-16-15(21)14(20)13(19)12(9-18)23-16/h5-6,12-21H,3-4,7-9H2,1-2H3/b10-6+,11-5+/t12-,13-,14+,15-,16-/m1/s1. The lowest BCUT2D eigenvalue weighted by atomic mass is 9.99. The lowest BCUT2D eigenvalue weighted by Gasteiger charge is -2.39. The smallest absolute Gasteiger partial charge is 0.187 e. The summed E-state index contributed by atoms with van der Waals surface area (Å²) in [6.45, 7) is 3.57. The highest BCUT2D eigenvalue weighted by Crippen LogP contribution is 2.22. The normalized spacial score (nSPS) is 33.1. The van der Waals surface area contributed by atoms with Crippen molar-refractivity contribution in [3.8, 4) is 0 Å². The van der Waals surface area contributed by atoms with E-state index in [0.29, 0.717) is 0 Å². The third-order valence-corrected chi connectivity index (χ3v) is 3.82. The molecular weight excluding hydrogens is 304 g/mol. The van der Waals surface area contributed by atoms with Crippen molar-refractivity contribution in [1.29, 1.82) is 0 Å². The van der Waals surface area contributed by atoms with Crippen LogP contribution in [0.3, 0.4) is 0 Å². The summed E-state index contributed by atoms with van der Waals surface area (Å²) in [7, 11) is 0. The Morgan fingerprint density at radius 1 is 1.00 bits per heavy atom. The first-order chi connectivity index (χ1) is 10.9. The van der Waals surface area contributed by atoms with Crippen LogP contribution in [0.5, 0.6) is 0 Å². The van der Waals surface area contributed by atoms with Gasteiger partial charge in [-0.25, -0.2) is 0 Å². The van der Waals surface area contributed by atoms with Crippen LogP contribution in [0.25, 0.3) is 0 Å². The van der Waals surface area contributed by atoms with Gasteiger partial charge in [0.05, 0.1) is 19.8 Å². The molecule has 0 saturated carbocycles. The van der Waals surface area contributed by atoms with Crippen LogP contribution in [0.4, 0.5) is 0 Å². The monoisotopic (exact) mass is 332 g/mol. The summed E-state index contributed by atoms with van der Waals surface area (Å²) in [4.78, 5) is 0. The molecule has 1 aliphatic heterocycles. The minimum atomic E-state index is -1.43. The Hall–Kier alpha value is -0.800. The second kappa shape index (κ2) is 10.1. The van der Waals surface area contributed by atoms with Crippen LogP contribution in [0.2, 0.25) is 0 Å². The zero-order valence-electron chi connectivity index (χ0n) is 13.6. The van der Waals surface area contributed by atoms with Gasteiger partial charge in [0.2, 0.25) is 0 Å². The summed E-state index contributed by atoms with van der Waals surface area (Å²) in [5, 5.41) is 47.1. The fraction of sp³-hybridized carbons (Fsp3) is 0.750. The molecule has 0 unspecified atom stereocenters. The minimum Gasteiger partial charge on any atom is -0.394 e. The van der Waals surface area contributed by atoms with Crippen LogP contribution in [0.1, 0.15) is 26.7 Å². The van der Waals surface area contributed by atoms with Gasteiger partial charge in [0.1, 0.15) is 24.4 Å². The van der Waals surface area contributed by atoms with E-state index in [-0.39, 0.29) is 13.2 Å². The lowest BCUT2D eigenvalue weighted by molar-refractivity contribution is -0.298. The Balaban J connectivity index is 2.42. The summed E-state index contributed by atoms with van der Waals surface area (Å²) in [6, 6.07) is 0. The molecule has 1 aliphatic rings. The van der Waals surface area contributed by atoms with Gasteiger partial charge in [0.25, 0.3) is 0 Å². The molecule has 0 amide bonds. The Labute approximate surface area is 136 Å². The van der Waals surface area contributed by atoms with Gasteiger partial charge in [-0.15, -0.1) is 0 Å². The highest BCUT2D eigenvalue weighted by Gasteiger charge is 2.43. The average molecular weight is 332 g/mol. The quantitative estimate of drug-likeness (QED) is 0.379. The molecule has 0 aromatic carbocycles. The van der Waals surface area contributed by atoms with E-state index in [9.17, 15) is 15.3 Å². The van der Waals surface area contributed by atoms with E-state index < -0.39 is 37.3 Å². The second-order valence-electron chi connectivity index (χ2n) is 5.83. The highest BCUT2D eigenvalue weighted by molar-refractivity contribution is 5.03. The molecule has 0 bridgehead atoms. The highest BCUT2D eigenvalue weighted by atomic mass is 16.7. The lowest BCUT2D eigenvalue weighted by Crippen LogP contribution is -2.59. The van der Waals surface area contributed by atoms with Gasteiger partial charge in [-0.1, -0.05) is 23.3 Å². The first-order valence-electron chi connectivity index (χ1n) is 7.75. The molecule has 5 N–H and O–H groups in total. The fourth-order valence-electron chi connectivity index (χ4n) is 2.20. The third-order valence-electron chi connectivity index (χ3n) is 3.82. The Bertz CT molecular complexity index is 405. The van der Waals surface area contributed by atoms with E-state index in [4.69, 9.17) is 19.7 Å². The number of ether oxygens (including phenoxy) is 2. The molecular formula is C16H28O7. The van der Waals surface area contributed by atoms with Crippen LogP contribution in [-0.4, -0.2) is 76.1 Å². The SMILES string of the molecule is C/C(=C\CC/C(C)=C/CO[C@@H]1O[C@H](CO)[C@@H](O)[C@H](O)[C@H]1O)CO. The molecule has 7 heteroatoms. The molecule has 0 aromatic heterocycles. The second-order valence-corrected chi connectivity index (χ2v) is 5.83. The van der Waals surface area contributed by atoms with E-state index in [0.717, 1.165) is 24.0 Å². The van der Waals surface area contributed by atoms with E-state index in [2.05, 4.69) is 0 Å². The molecule has 1 saturated heterocycles. The number of hydrogen-bond donors (Lipinski definition) is 5. The van der Waals surface area contributed by atoms with Crippen molar-refractivity contribution in [2.24, 2.45) is 0 Å². The molecule has 23 heavy (non-hydrogen) atoms. The largest absolute Gasteiger partial charge is 0.394 e. The van der Waals surface area contributed by atoms with E-state index in [1.807, 2.05) is 26.0 Å². The van der Waals surface area contributed by atoms with Crippen molar-refractivity contribution in [3.63, 3.8) is 0 Å². The van der Waals surface area contributed by atoms with Gasteiger partial charge in [-0.05, 0) is 26.7 Å². The maximum Gasteiger partial charge on any atom is 0.187 e. The van der Waals surface area contributed by atoms with Gasteiger partial charge in [0.15, 0.2) is 6.29 Å². The van der Waals surface area contributed by atoms with Gasteiger partial charge in [-0.3, -0.25) is 0 Å². The van der Waals surface area contributed by atoms with Crippen LogP contribution < -0.4 is 0 Å². The molecule has 0 aromatic rings. The average Bonchev–Trinajstić information content (AvgIpc) is 2.54. The van der Waals surface area contributed by atoms with E-state index >= 15 is 0 Å². The summed E-state index contributed by atoms with van der Waals surface area (Å²) < 4.78 is 10.6. The molecule has 1 rings (SSSR count). The fourth-order valence-corrected chi connectivity index (χ4v) is 2.20. The Morgan fingerprint density at radius 3 is 2.30 bits per heavy atom. The van der Waals surface area contributed by atoms with Gasteiger partial charge < -0.3 is 35.0 Å². The van der Waals surface area contributed by atoms with E-state index in [1.165, 1.54) is 0 Å². The van der Waals surface area contributed by atoms with Crippen molar-refractivity contribution in [1.82, 2.24) is 0 Å². The van der Waals surface area contributed by atoms with Crippen LogP contribution in [0, 0.1) is 0 Å². The predicted octanol–water partition coefficient (Wildman–Crippen LogP) is -0.532. The topological polar surface area (TPSA) is 120 Å². The molecule has 0 radical (unpaired) electrons. The van der Waals surface area contributed by atoms with Crippen molar-refractivity contribution in [2.75, 3.05) is 19.8 Å².